The highest BCUT2D eigenvalue weighted by molar-refractivity contribution is 5.68. The topological polar surface area (TPSA) is 12.0 Å². The molecule has 1 aliphatic carbocycles. The van der Waals surface area contributed by atoms with Crippen molar-refractivity contribution in [3.8, 4) is 0 Å². The van der Waals surface area contributed by atoms with Gasteiger partial charge in [-0.2, -0.15) is 0 Å². The predicted octanol–water partition coefficient (Wildman–Crippen LogP) is 3.86. The molecule has 1 heteroatoms. The van der Waals surface area contributed by atoms with Crippen LogP contribution in [0.2, 0.25) is 0 Å². The zero-order chi connectivity index (χ0) is 16.8. The first-order chi connectivity index (χ1) is 9.90. The largest absolute Gasteiger partial charge is 0.303 e. The van der Waals surface area contributed by atoms with E-state index in [1.54, 1.807) is 0 Å². The summed E-state index contributed by atoms with van der Waals surface area (Å²) < 4.78 is 0. The molecule has 120 valence electrons. The van der Waals surface area contributed by atoms with Crippen molar-refractivity contribution in [2.45, 2.75) is 66.0 Å². The number of nitrogens with one attached hydrogen (secondary N) is 1. The number of allylic oxidation sites excluding steroid dienone is 1. The van der Waals surface area contributed by atoms with E-state index in [-0.39, 0.29) is 16.5 Å². The van der Waals surface area contributed by atoms with Crippen molar-refractivity contribution >= 4 is 17.7 Å². The van der Waals surface area contributed by atoms with Crippen LogP contribution in [0.25, 0.3) is 17.7 Å². The summed E-state index contributed by atoms with van der Waals surface area (Å²) in [4.78, 5) is 0. The third-order valence-corrected chi connectivity index (χ3v) is 4.22. The van der Waals surface area contributed by atoms with Crippen LogP contribution in [0.5, 0.6) is 0 Å². The van der Waals surface area contributed by atoms with Crippen molar-refractivity contribution in [1.29, 1.82) is 0 Å². The molecule has 1 N–H and O–H groups in total. The molecule has 0 spiro atoms. The van der Waals surface area contributed by atoms with Crippen LogP contribution >= 0.6 is 0 Å². The molecule has 1 unspecified atom stereocenters. The third-order valence-electron chi connectivity index (χ3n) is 4.22. The second-order valence-corrected chi connectivity index (χ2v) is 8.92. The maximum absolute atomic E-state index is 4.29. The van der Waals surface area contributed by atoms with Gasteiger partial charge in [0.1, 0.15) is 0 Å². The summed E-state index contributed by atoms with van der Waals surface area (Å²) in [7, 11) is 0. The first kappa shape index (κ1) is 17.0. The summed E-state index contributed by atoms with van der Waals surface area (Å²) in [5.41, 5.74) is 2.69. The van der Waals surface area contributed by atoms with E-state index in [1.165, 1.54) is 21.6 Å². The molecule has 1 aromatic carbocycles. The van der Waals surface area contributed by atoms with Gasteiger partial charge < -0.3 is 5.32 Å². The Morgan fingerprint density at radius 3 is 2.27 bits per heavy atom. The van der Waals surface area contributed by atoms with Crippen molar-refractivity contribution in [3.05, 3.63) is 40.8 Å². The van der Waals surface area contributed by atoms with Crippen molar-refractivity contribution in [3.63, 3.8) is 0 Å². The molecule has 1 atom stereocenters. The van der Waals surface area contributed by atoms with Crippen molar-refractivity contribution in [1.82, 2.24) is 5.32 Å². The Kier molecular flexibility index (Phi) is 4.16. The van der Waals surface area contributed by atoms with Crippen molar-refractivity contribution < 1.29 is 0 Å². The summed E-state index contributed by atoms with van der Waals surface area (Å²) >= 11 is 0. The fraction of sp³-hybridized carbons (Fsp3) is 0.524. The standard InChI is InChI=1S/C21H31N/c1-15(19(2,3)4)16-9-10-18-14-21(8,22-20(5,6)7)12-11-17(18)13-16/h9-11,13-14,22H,1,12H2,2-8H3. The van der Waals surface area contributed by atoms with Gasteiger partial charge in [0.15, 0.2) is 0 Å². The lowest BCUT2D eigenvalue weighted by Crippen LogP contribution is -2.53. The molecule has 0 aromatic heterocycles. The minimum absolute atomic E-state index is 0.0216. The lowest BCUT2D eigenvalue weighted by molar-refractivity contribution is 0.329. The van der Waals surface area contributed by atoms with Gasteiger partial charge in [-0.1, -0.05) is 51.6 Å². The van der Waals surface area contributed by atoms with Gasteiger partial charge in [-0.15, -0.1) is 0 Å². The van der Waals surface area contributed by atoms with Crippen molar-refractivity contribution in [2.24, 2.45) is 5.41 Å². The molecule has 1 aliphatic rings. The zero-order valence-corrected chi connectivity index (χ0v) is 15.3. The summed E-state index contributed by atoms with van der Waals surface area (Å²) in [6, 6.07) is 6.73. The third kappa shape index (κ3) is 3.89. The van der Waals surface area contributed by atoms with E-state index in [2.05, 4.69) is 90.7 Å². The molecule has 0 bridgehead atoms. The lowest BCUT2D eigenvalue weighted by atomic mass is 9.82. The van der Waals surface area contributed by atoms with E-state index in [4.69, 9.17) is 0 Å². The molecule has 0 fully saturated rings. The van der Waals surface area contributed by atoms with Crippen LogP contribution in [0, 0.1) is 5.41 Å². The smallest absolute Gasteiger partial charge is 0.0384 e. The maximum Gasteiger partial charge on any atom is 0.0384 e. The average molecular weight is 297 g/mol. The normalized spacial score (nSPS) is 21.6. The molecule has 1 aromatic rings. The summed E-state index contributed by atoms with van der Waals surface area (Å²) in [5.74, 6) is 0. The Balaban J connectivity index is 2.41. The monoisotopic (exact) mass is 297 g/mol. The Morgan fingerprint density at radius 2 is 1.73 bits per heavy atom. The number of hydrogen-bond acceptors (Lipinski definition) is 1. The minimum atomic E-state index is 0.0216. The van der Waals surface area contributed by atoms with Crippen LogP contribution in [-0.4, -0.2) is 11.1 Å². The van der Waals surface area contributed by atoms with Gasteiger partial charge in [0.2, 0.25) is 0 Å². The van der Waals surface area contributed by atoms with Crippen molar-refractivity contribution in [2.75, 3.05) is 0 Å². The molecule has 0 saturated carbocycles. The average Bonchev–Trinajstić information content (AvgIpc) is 2.33. The van der Waals surface area contributed by atoms with Gasteiger partial charge in [-0.05, 0) is 67.2 Å². The second-order valence-electron chi connectivity index (χ2n) is 8.92. The Bertz CT molecular complexity index is 695. The van der Waals surface area contributed by atoms with E-state index in [1.807, 2.05) is 0 Å². The lowest BCUT2D eigenvalue weighted by Gasteiger charge is -2.36. The van der Waals surface area contributed by atoms with Gasteiger partial charge in [0.25, 0.3) is 0 Å². The van der Waals surface area contributed by atoms with E-state index in [0.29, 0.717) is 0 Å². The summed E-state index contributed by atoms with van der Waals surface area (Å²) in [5, 5.41) is 6.38. The first-order valence-electron chi connectivity index (χ1n) is 8.22. The van der Waals surface area contributed by atoms with Crippen LogP contribution < -0.4 is 15.8 Å². The highest BCUT2D eigenvalue weighted by atomic mass is 15.0. The minimum Gasteiger partial charge on any atom is -0.303 e. The van der Waals surface area contributed by atoms with Crippen LogP contribution in [0.3, 0.4) is 0 Å². The first-order valence-corrected chi connectivity index (χ1v) is 8.22. The molecule has 1 nitrogen and oxygen atoms in total. The quantitative estimate of drug-likeness (QED) is 0.874. The molecule has 0 amide bonds. The molecule has 0 heterocycles. The molecular formula is C21H31N. The number of fused-ring (bicyclic) bond motifs is 1. The van der Waals surface area contributed by atoms with E-state index in [9.17, 15) is 0 Å². The van der Waals surface area contributed by atoms with Gasteiger partial charge >= 0.3 is 0 Å². The van der Waals surface area contributed by atoms with Crippen LogP contribution in [0.4, 0.5) is 0 Å². The van der Waals surface area contributed by atoms with Gasteiger partial charge in [-0.3, -0.25) is 0 Å². The fourth-order valence-electron chi connectivity index (χ4n) is 3.17. The molecular weight excluding hydrogens is 266 g/mol. The molecule has 0 radical (unpaired) electrons. The van der Waals surface area contributed by atoms with Crippen LogP contribution in [0.1, 0.15) is 60.5 Å². The highest BCUT2D eigenvalue weighted by Gasteiger charge is 2.27. The van der Waals surface area contributed by atoms with Crippen LogP contribution in [0.15, 0.2) is 24.8 Å². The summed E-state index contributed by atoms with van der Waals surface area (Å²) in [6.45, 7) is 19.9. The summed E-state index contributed by atoms with van der Waals surface area (Å²) in [6.07, 6.45) is 5.74. The van der Waals surface area contributed by atoms with Gasteiger partial charge in [-0.25, -0.2) is 0 Å². The SMILES string of the molecule is C=C(c1ccc2c(c1)=CCC(C)(NC(C)(C)C)C=2)C(C)(C)C. The van der Waals surface area contributed by atoms with E-state index < -0.39 is 0 Å². The maximum atomic E-state index is 4.29. The van der Waals surface area contributed by atoms with E-state index >= 15 is 0 Å². The number of benzene rings is 1. The molecule has 0 saturated heterocycles. The molecule has 2 rings (SSSR count). The highest BCUT2D eigenvalue weighted by Crippen LogP contribution is 2.31. The molecule has 22 heavy (non-hydrogen) atoms. The second kappa shape index (κ2) is 5.38. The predicted molar refractivity (Wildman–Crippen MR) is 99.0 cm³/mol. The van der Waals surface area contributed by atoms with Gasteiger partial charge in [0.05, 0.1) is 0 Å². The number of rotatable bonds is 2. The fourth-order valence-corrected chi connectivity index (χ4v) is 3.17. The van der Waals surface area contributed by atoms with Gasteiger partial charge in [0, 0.05) is 11.1 Å². The molecule has 0 aliphatic heterocycles. The number of hydrogen-bond donors (Lipinski definition) is 1. The Morgan fingerprint density at radius 1 is 1.09 bits per heavy atom. The van der Waals surface area contributed by atoms with Crippen LogP contribution in [-0.2, 0) is 0 Å². The van der Waals surface area contributed by atoms with E-state index in [0.717, 1.165) is 6.42 Å². The Hall–Kier alpha value is -1.34. The Labute approximate surface area is 135 Å². The zero-order valence-electron chi connectivity index (χ0n) is 15.3.